The summed E-state index contributed by atoms with van der Waals surface area (Å²) >= 11 is 0. The van der Waals surface area contributed by atoms with Gasteiger partial charge in [-0.1, -0.05) is 18.6 Å². The molecule has 2 unspecified atom stereocenters. The minimum absolute atomic E-state index is 0.200. The first-order valence-corrected chi connectivity index (χ1v) is 11.1. The third kappa shape index (κ3) is 4.48. The molecule has 1 aromatic carbocycles. The number of carbonyl (C=O) groups is 1. The second-order valence-corrected chi connectivity index (χ2v) is 9.34. The molecule has 1 saturated heterocycles. The Bertz CT molecular complexity index is 976. The molecule has 1 aliphatic heterocycles. The maximum absolute atomic E-state index is 13.2. The molecule has 32 heavy (non-hydrogen) atoms. The number of rotatable bonds is 7. The summed E-state index contributed by atoms with van der Waals surface area (Å²) in [6.45, 7) is 3.00. The third-order valence-corrected chi connectivity index (χ3v) is 7.14. The molecule has 0 N–H and O–H groups in total. The van der Waals surface area contributed by atoms with Crippen LogP contribution in [0, 0.1) is 17.8 Å². The molecule has 5 rings (SSSR count). The Morgan fingerprint density at radius 2 is 2.00 bits per heavy atom. The number of carbonyl (C=O) groups excluding carboxylic acids is 1. The zero-order chi connectivity index (χ0) is 22.5. The molecule has 1 aromatic heterocycles. The third-order valence-electron chi connectivity index (χ3n) is 7.14. The van der Waals surface area contributed by atoms with Crippen LogP contribution in [0.1, 0.15) is 35.3 Å². The van der Waals surface area contributed by atoms with Crippen molar-refractivity contribution >= 4 is 5.91 Å². The van der Waals surface area contributed by atoms with Crippen molar-refractivity contribution in [3.8, 4) is 5.75 Å². The highest BCUT2D eigenvalue weighted by Gasteiger charge is 2.57. The standard InChI is InChI=1S/C23H27F3N4O2/c1-28-13-21(27-14-28)22(31)30(9-15-4-2-7-17(8-15)32-23(24,25)26)12-20-18-10-29(11-19(18)20)16-5-3-6-16/h2,4,7-8,13-14,16,18-20H,3,5-6,9-12H2,1H3. The van der Waals surface area contributed by atoms with E-state index >= 15 is 0 Å². The van der Waals surface area contributed by atoms with Crippen LogP contribution in [0.15, 0.2) is 36.8 Å². The van der Waals surface area contributed by atoms with Crippen molar-refractivity contribution in [1.29, 1.82) is 0 Å². The van der Waals surface area contributed by atoms with Crippen molar-refractivity contribution in [2.75, 3.05) is 19.6 Å². The molecule has 2 heterocycles. The molecule has 6 nitrogen and oxygen atoms in total. The van der Waals surface area contributed by atoms with Gasteiger partial charge in [0.05, 0.1) is 6.33 Å². The number of alkyl halides is 3. The van der Waals surface area contributed by atoms with Gasteiger partial charge in [0.15, 0.2) is 0 Å². The Kier molecular flexibility index (Phi) is 5.39. The number of aryl methyl sites for hydroxylation is 1. The molecular weight excluding hydrogens is 421 g/mol. The van der Waals surface area contributed by atoms with Crippen molar-refractivity contribution in [2.45, 2.75) is 38.2 Å². The summed E-state index contributed by atoms with van der Waals surface area (Å²) in [4.78, 5) is 21.7. The lowest BCUT2D eigenvalue weighted by Crippen LogP contribution is -2.41. The average Bonchev–Trinajstić information content (AvgIpc) is 3.02. The number of likely N-dealkylation sites (tertiary alicyclic amines) is 1. The molecule has 0 spiro atoms. The summed E-state index contributed by atoms with van der Waals surface area (Å²) in [5, 5.41) is 0. The maximum Gasteiger partial charge on any atom is 0.573 e. The van der Waals surface area contributed by atoms with E-state index < -0.39 is 6.36 Å². The zero-order valence-corrected chi connectivity index (χ0v) is 18.0. The van der Waals surface area contributed by atoms with E-state index in [1.54, 1.807) is 35.1 Å². The molecule has 0 radical (unpaired) electrons. The quantitative estimate of drug-likeness (QED) is 0.648. The Hall–Kier alpha value is -2.55. The summed E-state index contributed by atoms with van der Waals surface area (Å²) in [5.41, 5.74) is 0.940. The number of halogens is 3. The minimum atomic E-state index is -4.75. The fourth-order valence-electron chi connectivity index (χ4n) is 5.22. The van der Waals surface area contributed by atoms with Gasteiger partial charge >= 0.3 is 6.36 Å². The lowest BCUT2D eigenvalue weighted by atomic mass is 9.91. The largest absolute Gasteiger partial charge is 0.573 e. The van der Waals surface area contributed by atoms with Crippen LogP contribution >= 0.6 is 0 Å². The molecule has 3 fully saturated rings. The Morgan fingerprint density at radius 3 is 2.59 bits per heavy atom. The predicted molar refractivity (Wildman–Crippen MR) is 111 cm³/mol. The van der Waals surface area contributed by atoms with E-state index in [0.29, 0.717) is 35.6 Å². The van der Waals surface area contributed by atoms with E-state index in [9.17, 15) is 18.0 Å². The molecule has 2 aliphatic carbocycles. The smallest absolute Gasteiger partial charge is 0.406 e. The monoisotopic (exact) mass is 448 g/mol. The van der Waals surface area contributed by atoms with E-state index in [2.05, 4.69) is 14.6 Å². The van der Waals surface area contributed by atoms with Crippen molar-refractivity contribution < 1.29 is 22.7 Å². The first-order chi connectivity index (χ1) is 15.3. The highest BCUT2D eigenvalue weighted by molar-refractivity contribution is 5.92. The van der Waals surface area contributed by atoms with Crippen molar-refractivity contribution in [3.05, 3.63) is 48.0 Å². The molecule has 172 valence electrons. The van der Waals surface area contributed by atoms with Crippen LogP contribution in [0.25, 0.3) is 0 Å². The van der Waals surface area contributed by atoms with E-state index in [4.69, 9.17) is 0 Å². The highest BCUT2D eigenvalue weighted by atomic mass is 19.4. The van der Waals surface area contributed by atoms with Crippen molar-refractivity contribution in [3.63, 3.8) is 0 Å². The second kappa shape index (κ2) is 8.10. The number of benzene rings is 1. The van der Waals surface area contributed by atoms with Crippen LogP contribution < -0.4 is 4.74 Å². The number of nitrogens with zero attached hydrogens (tertiary/aromatic N) is 4. The van der Waals surface area contributed by atoms with Crippen molar-refractivity contribution in [2.24, 2.45) is 24.8 Å². The zero-order valence-electron chi connectivity index (χ0n) is 18.0. The van der Waals surface area contributed by atoms with Crippen LogP contribution in [-0.4, -0.2) is 57.3 Å². The number of piperidine rings is 1. The summed E-state index contributed by atoms with van der Waals surface area (Å²) in [6.07, 6.45) is 2.41. The molecule has 2 saturated carbocycles. The summed E-state index contributed by atoms with van der Waals surface area (Å²) in [6, 6.07) is 6.59. The SMILES string of the molecule is Cn1cnc(C(=O)N(Cc2cccc(OC(F)(F)F)c2)CC2C3CN(C4CCC4)CC23)c1. The lowest BCUT2D eigenvalue weighted by molar-refractivity contribution is -0.274. The van der Waals surface area contributed by atoms with Gasteiger partial charge in [0.1, 0.15) is 11.4 Å². The van der Waals surface area contributed by atoms with Gasteiger partial charge < -0.3 is 14.2 Å². The van der Waals surface area contributed by atoms with Gasteiger partial charge in [0, 0.05) is 45.5 Å². The van der Waals surface area contributed by atoms with Crippen LogP contribution in [0.4, 0.5) is 13.2 Å². The van der Waals surface area contributed by atoms with Gasteiger partial charge in [-0.15, -0.1) is 13.2 Å². The summed E-state index contributed by atoms with van der Waals surface area (Å²) < 4.78 is 43.6. The van der Waals surface area contributed by atoms with Crippen LogP contribution in [0.5, 0.6) is 5.75 Å². The predicted octanol–water partition coefficient (Wildman–Crippen LogP) is 3.69. The van der Waals surface area contributed by atoms with E-state index in [1.165, 1.54) is 37.5 Å². The molecule has 3 aliphatic rings. The molecule has 2 aromatic rings. The molecule has 9 heteroatoms. The number of fused-ring (bicyclic) bond motifs is 1. The highest BCUT2D eigenvalue weighted by Crippen LogP contribution is 2.53. The van der Waals surface area contributed by atoms with Gasteiger partial charge in [-0.05, 0) is 48.3 Å². The fourth-order valence-corrected chi connectivity index (χ4v) is 5.22. The normalized spacial score (nSPS) is 25.3. The number of hydrogen-bond donors (Lipinski definition) is 0. The van der Waals surface area contributed by atoms with Gasteiger partial charge in [-0.3, -0.25) is 9.69 Å². The number of aromatic nitrogens is 2. The van der Waals surface area contributed by atoms with Gasteiger partial charge in [0.25, 0.3) is 5.91 Å². The van der Waals surface area contributed by atoms with Crippen LogP contribution in [0.2, 0.25) is 0 Å². The fraction of sp³-hybridized carbons (Fsp3) is 0.565. The summed E-state index contributed by atoms with van der Waals surface area (Å²) in [7, 11) is 1.80. The van der Waals surface area contributed by atoms with Crippen molar-refractivity contribution in [1.82, 2.24) is 19.4 Å². The molecular formula is C23H27F3N4O2. The van der Waals surface area contributed by atoms with E-state index in [1.807, 2.05) is 0 Å². The van der Waals surface area contributed by atoms with Crippen LogP contribution in [-0.2, 0) is 13.6 Å². The first-order valence-electron chi connectivity index (χ1n) is 11.1. The Balaban J connectivity index is 1.29. The topological polar surface area (TPSA) is 50.6 Å². The first kappa shape index (κ1) is 21.3. The van der Waals surface area contributed by atoms with Gasteiger partial charge in [-0.25, -0.2) is 4.98 Å². The Labute approximate surface area is 185 Å². The van der Waals surface area contributed by atoms with Gasteiger partial charge in [-0.2, -0.15) is 0 Å². The summed E-state index contributed by atoms with van der Waals surface area (Å²) in [5.74, 6) is 1.17. The number of hydrogen-bond acceptors (Lipinski definition) is 4. The average molecular weight is 448 g/mol. The van der Waals surface area contributed by atoms with Gasteiger partial charge in [0.2, 0.25) is 0 Å². The maximum atomic E-state index is 13.2. The molecule has 2 atom stereocenters. The van der Waals surface area contributed by atoms with E-state index in [-0.39, 0.29) is 18.2 Å². The minimum Gasteiger partial charge on any atom is -0.406 e. The number of amides is 1. The lowest BCUT2D eigenvalue weighted by Gasteiger charge is -2.36. The second-order valence-electron chi connectivity index (χ2n) is 9.34. The molecule has 0 bridgehead atoms. The van der Waals surface area contributed by atoms with E-state index in [0.717, 1.165) is 19.1 Å². The Morgan fingerprint density at radius 1 is 1.25 bits per heavy atom. The van der Waals surface area contributed by atoms with Crippen LogP contribution in [0.3, 0.4) is 0 Å². The molecule has 1 amide bonds. The number of ether oxygens (including phenoxy) is 1. The number of imidazole rings is 1.